The predicted molar refractivity (Wildman–Crippen MR) is 80.8 cm³/mol. The smallest absolute Gasteiger partial charge is 0.119 e. The molecule has 0 unspecified atom stereocenters. The summed E-state index contributed by atoms with van der Waals surface area (Å²) in [5.74, 6) is 0.834. The minimum absolute atomic E-state index is 0.572. The van der Waals surface area contributed by atoms with Crippen LogP contribution in [0.3, 0.4) is 0 Å². The van der Waals surface area contributed by atoms with E-state index in [0.717, 1.165) is 22.7 Å². The first-order valence-corrected chi connectivity index (χ1v) is 6.90. The molecule has 3 aromatic rings. The lowest BCUT2D eigenvalue weighted by molar-refractivity contribution is 0.340. The molecule has 0 amide bonds. The largest absolute Gasteiger partial charge is 0.494 e. The van der Waals surface area contributed by atoms with Crippen LogP contribution in [0, 0.1) is 0 Å². The van der Waals surface area contributed by atoms with Crippen molar-refractivity contribution in [3.63, 3.8) is 0 Å². The third-order valence-electron chi connectivity index (χ3n) is 2.91. The molecule has 0 spiro atoms. The molecule has 0 saturated heterocycles. The van der Waals surface area contributed by atoms with Gasteiger partial charge >= 0.3 is 0 Å². The Bertz CT molecular complexity index is 739. The molecule has 0 aliphatic rings. The van der Waals surface area contributed by atoms with Crippen molar-refractivity contribution in [2.75, 3.05) is 6.61 Å². The topological polar surface area (TPSA) is 52.8 Å². The highest BCUT2D eigenvalue weighted by atomic mass is 35.5. The summed E-state index contributed by atoms with van der Waals surface area (Å²) in [5, 5.41) is 8.84. The van der Waals surface area contributed by atoms with Crippen molar-refractivity contribution >= 4 is 11.6 Å². The van der Waals surface area contributed by atoms with E-state index in [1.165, 1.54) is 0 Å². The van der Waals surface area contributed by atoms with E-state index in [1.54, 1.807) is 23.1 Å². The van der Waals surface area contributed by atoms with Crippen molar-refractivity contribution in [3.05, 3.63) is 53.9 Å². The maximum Gasteiger partial charge on any atom is 0.119 e. The Labute approximate surface area is 127 Å². The lowest BCUT2D eigenvalue weighted by Gasteiger charge is -2.04. The summed E-state index contributed by atoms with van der Waals surface area (Å²) < 4.78 is 7.12. The second-order valence-electron chi connectivity index (χ2n) is 4.37. The molecule has 0 fully saturated rings. The number of halogens is 1. The average Bonchev–Trinajstić information content (AvgIpc) is 2.98. The highest BCUT2D eigenvalue weighted by Crippen LogP contribution is 2.21. The number of ether oxygens (including phenoxy) is 1. The highest BCUT2D eigenvalue weighted by molar-refractivity contribution is 6.30. The summed E-state index contributed by atoms with van der Waals surface area (Å²) in [5.41, 5.74) is 2.46. The van der Waals surface area contributed by atoms with Gasteiger partial charge in [-0.2, -0.15) is 0 Å². The van der Waals surface area contributed by atoms with Crippen LogP contribution in [0.5, 0.6) is 5.75 Å². The highest BCUT2D eigenvalue weighted by Gasteiger charge is 2.06. The molecular formula is C15H13ClN4O. The van der Waals surface area contributed by atoms with Crippen LogP contribution in [-0.4, -0.2) is 26.6 Å². The monoisotopic (exact) mass is 300 g/mol. The van der Waals surface area contributed by atoms with Gasteiger partial charge in [-0.05, 0) is 37.3 Å². The first-order chi connectivity index (χ1) is 10.3. The SMILES string of the molecule is CCOc1ccc(-n2cc(-c3cncc(Cl)c3)nn2)cc1. The van der Waals surface area contributed by atoms with Gasteiger partial charge in [-0.1, -0.05) is 16.8 Å². The van der Waals surface area contributed by atoms with Gasteiger partial charge in [-0.25, -0.2) is 4.68 Å². The zero-order valence-electron chi connectivity index (χ0n) is 11.4. The maximum atomic E-state index is 5.93. The zero-order chi connectivity index (χ0) is 14.7. The molecule has 5 nitrogen and oxygen atoms in total. The van der Waals surface area contributed by atoms with Crippen LogP contribution < -0.4 is 4.74 Å². The number of hydrogen-bond acceptors (Lipinski definition) is 4. The predicted octanol–water partition coefficient (Wildman–Crippen LogP) is 3.38. The summed E-state index contributed by atoms with van der Waals surface area (Å²) in [6.45, 7) is 2.60. The quantitative estimate of drug-likeness (QED) is 0.741. The van der Waals surface area contributed by atoms with Crippen molar-refractivity contribution in [2.24, 2.45) is 0 Å². The Morgan fingerprint density at radius 2 is 2.00 bits per heavy atom. The van der Waals surface area contributed by atoms with E-state index in [0.29, 0.717) is 11.6 Å². The van der Waals surface area contributed by atoms with Crippen LogP contribution in [0.15, 0.2) is 48.9 Å². The van der Waals surface area contributed by atoms with Crippen LogP contribution in [0.4, 0.5) is 0 Å². The first-order valence-electron chi connectivity index (χ1n) is 6.53. The van der Waals surface area contributed by atoms with Crippen molar-refractivity contribution in [2.45, 2.75) is 6.92 Å². The lowest BCUT2D eigenvalue weighted by Crippen LogP contribution is -1.96. The van der Waals surface area contributed by atoms with E-state index < -0.39 is 0 Å². The Morgan fingerprint density at radius 1 is 1.19 bits per heavy atom. The molecule has 3 rings (SSSR count). The van der Waals surface area contributed by atoms with Crippen molar-refractivity contribution in [1.82, 2.24) is 20.0 Å². The minimum Gasteiger partial charge on any atom is -0.494 e. The third-order valence-corrected chi connectivity index (χ3v) is 3.11. The van der Waals surface area contributed by atoms with E-state index in [2.05, 4.69) is 15.3 Å². The van der Waals surface area contributed by atoms with Crippen LogP contribution in [-0.2, 0) is 0 Å². The van der Waals surface area contributed by atoms with Gasteiger partial charge in [0.2, 0.25) is 0 Å². The van der Waals surface area contributed by atoms with Crippen LogP contribution in [0.25, 0.3) is 16.9 Å². The zero-order valence-corrected chi connectivity index (χ0v) is 12.2. The van der Waals surface area contributed by atoms with Gasteiger partial charge < -0.3 is 4.74 Å². The summed E-state index contributed by atoms with van der Waals surface area (Å²) in [6.07, 6.45) is 5.13. The molecule has 0 atom stereocenters. The van der Waals surface area contributed by atoms with E-state index in [9.17, 15) is 0 Å². The molecule has 1 aromatic carbocycles. The third kappa shape index (κ3) is 3.03. The normalized spacial score (nSPS) is 10.6. The summed E-state index contributed by atoms with van der Waals surface area (Å²) >= 11 is 5.93. The van der Waals surface area contributed by atoms with Crippen LogP contribution in [0.2, 0.25) is 5.02 Å². The molecule has 2 aromatic heterocycles. The molecule has 0 aliphatic carbocycles. The molecule has 0 bridgehead atoms. The van der Waals surface area contributed by atoms with E-state index in [-0.39, 0.29) is 0 Å². The van der Waals surface area contributed by atoms with Gasteiger partial charge in [0.25, 0.3) is 0 Å². The molecule has 21 heavy (non-hydrogen) atoms. The number of rotatable bonds is 4. The molecule has 0 N–H and O–H groups in total. The Hall–Kier alpha value is -2.40. The second kappa shape index (κ2) is 5.93. The number of nitrogens with zero attached hydrogens (tertiary/aromatic N) is 4. The first kappa shape index (κ1) is 13.6. The fraction of sp³-hybridized carbons (Fsp3) is 0.133. The van der Waals surface area contributed by atoms with Gasteiger partial charge in [-0.3, -0.25) is 4.98 Å². The lowest BCUT2D eigenvalue weighted by atomic mass is 10.2. The number of hydrogen-bond donors (Lipinski definition) is 0. The molecule has 2 heterocycles. The van der Waals surface area contributed by atoms with Gasteiger partial charge in [0.15, 0.2) is 0 Å². The Kier molecular flexibility index (Phi) is 3.83. The van der Waals surface area contributed by atoms with Crippen molar-refractivity contribution < 1.29 is 4.74 Å². The van der Waals surface area contributed by atoms with Crippen LogP contribution >= 0.6 is 11.6 Å². The van der Waals surface area contributed by atoms with Crippen molar-refractivity contribution in [1.29, 1.82) is 0 Å². The van der Waals surface area contributed by atoms with Gasteiger partial charge in [0.1, 0.15) is 11.4 Å². The van der Waals surface area contributed by atoms with E-state index >= 15 is 0 Å². The molecular weight excluding hydrogens is 288 g/mol. The van der Waals surface area contributed by atoms with Gasteiger partial charge in [0, 0.05) is 18.0 Å². The minimum atomic E-state index is 0.572. The number of benzene rings is 1. The van der Waals surface area contributed by atoms with E-state index in [4.69, 9.17) is 16.3 Å². The molecule has 0 radical (unpaired) electrons. The Morgan fingerprint density at radius 3 is 2.71 bits per heavy atom. The fourth-order valence-corrected chi connectivity index (χ4v) is 2.11. The van der Waals surface area contributed by atoms with Crippen LogP contribution in [0.1, 0.15) is 6.92 Å². The molecule has 106 valence electrons. The molecule has 0 aliphatic heterocycles. The number of pyridine rings is 1. The van der Waals surface area contributed by atoms with Gasteiger partial charge in [0.05, 0.1) is 23.5 Å². The summed E-state index contributed by atoms with van der Waals surface area (Å²) in [7, 11) is 0. The maximum absolute atomic E-state index is 5.93. The molecule has 0 saturated carbocycles. The van der Waals surface area contributed by atoms with Gasteiger partial charge in [-0.15, -0.1) is 5.10 Å². The number of aromatic nitrogens is 4. The van der Waals surface area contributed by atoms with Crippen molar-refractivity contribution in [3.8, 4) is 22.7 Å². The fourth-order valence-electron chi connectivity index (χ4n) is 1.94. The molecule has 6 heteroatoms. The Balaban J connectivity index is 1.87. The van der Waals surface area contributed by atoms with E-state index in [1.807, 2.05) is 37.4 Å². The summed E-state index contributed by atoms with van der Waals surface area (Å²) in [6, 6.07) is 9.47. The average molecular weight is 301 g/mol. The standard InChI is InChI=1S/C15H13ClN4O/c1-2-21-14-5-3-13(4-6-14)20-10-15(18-19-20)11-7-12(16)9-17-8-11/h3-10H,2H2,1H3. The second-order valence-corrected chi connectivity index (χ2v) is 4.80. The summed E-state index contributed by atoms with van der Waals surface area (Å²) in [4.78, 5) is 4.05.